The maximum Gasteiger partial charge on any atom is 0.0705 e. The Balaban J connectivity index is 1.73. The molecule has 0 bridgehead atoms. The van der Waals surface area contributed by atoms with Gasteiger partial charge in [-0.15, -0.1) is 0 Å². The van der Waals surface area contributed by atoms with Crippen LogP contribution in [0.3, 0.4) is 0 Å². The fraction of sp³-hybridized carbons (Fsp3) is 0.471. The molecule has 0 N–H and O–H groups in total. The number of benzene rings is 1. The van der Waals surface area contributed by atoms with Crippen molar-refractivity contribution in [3.05, 3.63) is 42.1 Å². The molecule has 1 heterocycles. The lowest BCUT2D eigenvalue weighted by molar-refractivity contribution is 0.350. The molecule has 2 heteroatoms. The van der Waals surface area contributed by atoms with E-state index in [-0.39, 0.29) is 0 Å². The largest absolute Gasteiger partial charge is 0.253 e. The van der Waals surface area contributed by atoms with Gasteiger partial charge in [-0.05, 0) is 30.9 Å². The molecule has 0 saturated heterocycles. The van der Waals surface area contributed by atoms with E-state index in [1.54, 1.807) is 0 Å². The SMILES string of the molecule is BrC(Cc1ccc2ccccc2n1)C1CCCCC1. The summed E-state index contributed by atoms with van der Waals surface area (Å²) in [5.74, 6) is 0.835. The van der Waals surface area contributed by atoms with Gasteiger partial charge in [0.25, 0.3) is 0 Å². The monoisotopic (exact) mass is 317 g/mol. The second-order valence-electron chi connectivity index (χ2n) is 5.61. The van der Waals surface area contributed by atoms with Crippen molar-refractivity contribution in [2.75, 3.05) is 0 Å². The van der Waals surface area contributed by atoms with Crippen molar-refractivity contribution in [2.45, 2.75) is 43.4 Å². The second-order valence-corrected chi connectivity index (χ2v) is 6.79. The van der Waals surface area contributed by atoms with Gasteiger partial charge in [0, 0.05) is 22.3 Å². The van der Waals surface area contributed by atoms with E-state index in [1.807, 2.05) is 0 Å². The van der Waals surface area contributed by atoms with Gasteiger partial charge in [-0.25, -0.2) is 0 Å². The van der Waals surface area contributed by atoms with E-state index in [0.29, 0.717) is 4.83 Å². The number of halogens is 1. The minimum Gasteiger partial charge on any atom is -0.253 e. The molecule has 1 aromatic carbocycles. The first-order chi connectivity index (χ1) is 9.33. The topological polar surface area (TPSA) is 12.9 Å². The van der Waals surface area contributed by atoms with Crippen molar-refractivity contribution >= 4 is 26.8 Å². The maximum absolute atomic E-state index is 4.78. The van der Waals surface area contributed by atoms with Gasteiger partial charge in [-0.1, -0.05) is 59.5 Å². The maximum atomic E-state index is 4.78. The molecule has 3 rings (SSSR count). The van der Waals surface area contributed by atoms with Crippen LogP contribution in [0, 0.1) is 5.92 Å². The Bertz CT molecular complexity index is 546. The molecule has 0 spiro atoms. The molecule has 19 heavy (non-hydrogen) atoms. The lowest BCUT2D eigenvalue weighted by Gasteiger charge is -2.26. The summed E-state index contributed by atoms with van der Waals surface area (Å²) in [6.45, 7) is 0. The van der Waals surface area contributed by atoms with Gasteiger partial charge in [0.15, 0.2) is 0 Å². The molecule has 1 fully saturated rings. The van der Waals surface area contributed by atoms with Gasteiger partial charge in [0.05, 0.1) is 5.52 Å². The summed E-state index contributed by atoms with van der Waals surface area (Å²) in [5, 5.41) is 1.23. The quantitative estimate of drug-likeness (QED) is 0.716. The Labute approximate surface area is 123 Å². The van der Waals surface area contributed by atoms with Crippen molar-refractivity contribution in [3.63, 3.8) is 0 Å². The highest BCUT2D eigenvalue weighted by molar-refractivity contribution is 9.09. The summed E-state index contributed by atoms with van der Waals surface area (Å²) >= 11 is 3.90. The normalized spacial score (nSPS) is 18.6. The van der Waals surface area contributed by atoms with E-state index in [9.17, 15) is 0 Å². The Morgan fingerprint density at radius 3 is 2.68 bits per heavy atom. The minimum atomic E-state index is 0.585. The zero-order valence-corrected chi connectivity index (χ0v) is 12.8. The van der Waals surface area contributed by atoms with Crippen molar-refractivity contribution in [3.8, 4) is 0 Å². The van der Waals surface area contributed by atoms with Crippen LogP contribution in [-0.4, -0.2) is 9.81 Å². The van der Waals surface area contributed by atoms with Gasteiger partial charge >= 0.3 is 0 Å². The van der Waals surface area contributed by atoms with Crippen LogP contribution in [-0.2, 0) is 6.42 Å². The lowest BCUT2D eigenvalue weighted by atomic mass is 9.85. The molecule has 0 amide bonds. The molecule has 100 valence electrons. The van der Waals surface area contributed by atoms with Crippen LogP contribution < -0.4 is 0 Å². The molecule has 1 saturated carbocycles. The van der Waals surface area contributed by atoms with E-state index in [2.05, 4.69) is 52.3 Å². The van der Waals surface area contributed by atoms with E-state index in [0.717, 1.165) is 17.9 Å². The highest BCUT2D eigenvalue weighted by Crippen LogP contribution is 2.31. The lowest BCUT2D eigenvalue weighted by Crippen LogP contribution is -2.20. The van der Waals surface area contributed by atoms with Crippen LogP contribution in [0.4, 0.5) is 0 Å². The van der Waals surface area contributed by atoms with E-state index >= 15 is 0 Å². The number of hydrogen-bond acceptors (Lipinski definition) is 1. The van der Waals surface area contributed by atoms with Gasteiger partial charge in [0.1, 0.15) is 0 Å². The zero-order chi connectivity index (χ0) is 13.1. The number of aromatic nitrogens is 1. The molecular formula is C17H20BrN. The third-order valence-electron chi connectivity index (χ3n) is 4.22. The first-order valence-electron chi connectivity index (χ1n) is 7.32. The number of rotatable bonds is 3. The summed E-state index contributed by atoms with van der Waals surface area (Å²) in [6, 6.07) is 12.7. The number of pyridine rings is 1. The van der Waals surface area contributed by atoms with Crippen LogP contribution >= 0.6 is 15.9 Å². The molecular weight excluding hydrogens is 298 g/mol. The third-order valence-corrected chi connectivity index (χ3v) is 5.29. The molecule has 0 radical (unpaired) electrons. The number of alkyl halides is 1. The van der Waals surface area contributed by atoms with Crippen molar-refractivity contribution in [1.82, 2.24) is 4.98 Å². The molecule has 1 aliphatic carbocycles. The summed E-state index contributed by atoms with van der Waals surface area (Å²) < 4.78 is 0. The Hall–Kier alpha value is -0.890. The smallest absolute Gasteiger partial charge is 0.0705 e. The molecule has 1 unspecified atom stereocenters. The van der Waals surface area contributed by atoms with Gasteiger partial charge in [-0.3, -0.25) is 4.98 Å². The first-order valence-corrected chi connectivity index (χ1v) is 8.23. The van der Waals surface area contributed by atoms with E-state index in [4.69, 9.17) is 4.98 Å². The van der Waals surface area contributed by atoms with Crippen LogP contribution in [0.25, 0.3) is 10.9 Å². The summed E-state index contributed by atoms with van der Waals surface area (Å²) in [7, 11) is 0. The average molecular weight is 318 g/mol. The van der Waals surface area contributed by atoms with Gasteiger partial charge < -0.3 is 0 Å². The predicted octanol–water partition coefficient (Wildman–Crippen LogP) is 5.12. The van der Waals surface area contributed by atoms with Crippen molar-refractivity contribution < 1.29 is 0 Å². The fourth-order valence-corrected chi connectivity index (χ4v) is 3.94. The van der Waals surface area contributed by atoms with Crippen molar-refractivity contribution in [1.29, 1.82) is 0 Å². The van der Waals surface area contributed by atoms with E-state index < -0.39 is 0 Å². The number of hydrogen-bond donors (Lipinski definition) is 0. The number of para-hydroxylation sites is 1. The van der Waals surface area contributed by atoms with Gasteiger partial charge in [0.2, 0.25) is 0 Å². The Morgan fingerprint density at radius 2 is 1.84 bits per heavy atom. The first kappa shape index (κ1) is 13.1. The van der Waals surface area contributed by atoms with Crippen LogP contribution in [0.2, 0.25) is 0 Å². The highest BCUT2D eigenvalue weighted by atomic mass is 79.9. The average Bonchev–Trinajstić information content (AvgIpc) is 2.48. The standard InChI is InChI=1S/C17H20BrN/c18-16(13-6-2-1-3-7-13)12-15-11-10-14-8-4-5-9-17(14)19-15/h4-5,8-11,13,16H,1-3,6-7,12H2. The highest BCUT2D eigenvalue weighted by Gasteiger charge is 2.21. The molecule has 1 atom stereocenters. The molecule has 1 aliphatic rings. The second kappa shape index (κ2) is 6.04. The molecule has 1 nitrogen and oxygen atoms in total. The predicted molar refractivity (Wildman–Crippen MR) is 84.7 cm³/mol. The molecule has 0 aliphatic heterocycles. The Kier molecular flexibility index (Phi) is 4.17. The fourth-order valence-electron chi connectivity index (χ4n) is 3.08. The number of fused-ring (bicyclic) bond motifs is 1. The van der Waals surface area contributed by atoms with Crippen LogP contribution in [0.5, 0.6) is 0 Å². The van der Waals surface area contributed by atoms with Crippen LogP contribution in [0.1, 0.15) is 37.8 Å². The number of nitrogens with zero attached hydrogens (tertiary/aromatic N) is 1. The zero-order valence-electron chi connectivity index (χ0n) is 11.2. The summed E-state index contributed by atoms with van der Waals surface area (Å²) in [4.78, 5) is 5.36. The van der Waals surface area contributed by atoms with Crippen LogP contribution in [0.15, 0.2) is 36.4 Å². The minimum absolute atomic E-state index is 0.585. The summed E-state index contributed by atoms with van der Waals surface area (Å²) in [6.07, 6.45) is 8.03. The molecule has 2 aromatic rings. The summed E-state index contributed by atoms with van der Waals surface area (Å²) in [5.41, 5.74) is 2.33. The van der Waals surface area contributed by atoms with Crippen molar-refractivity contribution in [2.24, 2.45) is 5.92 Å². The van der Waals surface area contributed by atoms with E-state index in [1.165, 1.54) is 43.2 Å². The Morgan fingerprint density at radius 1 is 1.05 bits per heavy atom. The molecule has 1 aromatic heterocycles. The van der Waals surface area contributed by atoms with Gasteiger partial charge in [-0.2, -0.15) is 0 Å². The third kappa shape index (κ3) is 3.17.